The van der Waals surface area contributed by atoms with Gasteiger partial charge in [0.2, 0.25) is 0 Å². The lowest BCUT2D eigenvalue weighted by molar-refractivity contribution is 0.0952. The number of aromatic amines is 1. The molecule has 0 aliphatic carbocycles. The molecule has 0 aliphatic rings. The van der Waals surface area contributed by atoms with Crippen LogP contribution in [0.15, 0.2) is 35.3 Å². The summed E-state index contributed by atoms with van der Waals surface area (Å²) >= 11 is 5.96. The summed E-state index contributed by atoms with van der Waals surface area (Å²) in [6, 6.07) is 6.72. The standard InChI is InChI=1S/C16H17ClN2O3/c1-10-7-14(20)13(9-19-10)16(21)18-6-5-11-8-12(17)3-4-15(11)22-2/h3-4,7-9H,5-6H2,1-2H3,(H,18,21)(H,19,20). The highest BCUT2D eigenvalue weighted by Gasteiger charge is 2.10. The van der Waals surface area contributed by atoms with Gasteiger partial charge in [-0.3, -0.25) is 9.59 Å². The average molecular weight is 321 g/mol. The fourth-order valence-electron chi connectivity index (χ4n) is 2.10. The van der Waals surface area contributed by atoms with Gasteiger partial charge in [-0.15, -0.1) is 0 Å². The lowest BCUT2D eigenvalue weighted by Crippen LogP contribution is -2.30. The minimum Gasteiger partial charge on any atom is -0.496 e. The molecule has 0 atom stereocenters. The Morgan fingerprint density at radius 1 is 1.36 bits per heavy atom. The molecule has 0 radical (unpaired) electrons. The van der Waals surface area contributed by atoms with Gasteiger partial charge in [0.05, 0.1) is 7.11 Å². The third-order valence-corrected chi connectivity index (χ3v) is 3.46. The molecule has 2 aromatic rings. The summed E-state index contributed by atoms with van der Waals surface area (Å²) in [7, 11) is 1.58. The monoisotopic (exact) mass is 320 g/mol. The number of halogens is 1. The number of methoxy groups -OCH3 is 1. The molecule has 0 aliphatic heterocycles. The molecule has 0 fully saturated rings. The number of benzene rings is 1. The largest absolute Gasteiger partial charge is 0.496 e. The molecule has 116 valence electrons. The zero-order valence-electron chi connectivity index (χ0n) is 12.4. The molecule has 1 aromatic heterocycles. The highest BCUT2D eigenvalue weighted by molar-refractivity contribution is 6.30. The van der Waals surface area contributed by atoms with E-state index < -0.39 is 5.91 Å². The number of H-pyrrole nitrogens is 1. The summed E-state index contributed by atoms with van der Waals surface area (Å²) in [5, 5.41) is 3.33. The van der Waals surface area contributed by atoms with Crippen molar-refractivity contribution >= 4 is 17.5 Å². The maximum atomic E-state index is 12.0. The molecule has 0 spiro atoms. The number of hydrogen-bond donors (Lipinski definition) is 2. The molecule has 0 bridgehead atoms. The second-order valence-corrected chi connectivity index (χ2v) is 5.29. The van der Waals surface area contributed by atoms with Gasteiger partial charge in [0.15, 0.2) is 5.43 Å². The van der Waals surface area contributed by atoms with Crippen LogP contribution in [0.1, 0.15) is 21.6 Å². The van der Waals surface area contributed by atoms with Crippen LogP contribution in [0.2, 0.25) is 5.02 Å². The number of nitrogens with one attached hydrogen (secondary N) is 2. The first kappa shape index (κ1) is 16.1. The first-order chi connectivity index (χ1) is 10.5. The van der Waals surface area contributed by atoms with E-state index in [1.54, 1.807) is 32.2 Å². The van der Waals surface area contributed by atoms with Crippen molar-refractivity contribution in [3.05, 3.63) is 62.5 Å². The minimum absolute atomic E-state index is 0.101. The fraction of sp³-hybridized carbons (Fsp3) is 0.250. The molecular weight excluding hydrogens is 304 g/mol. The van der Waals surface area contributed by atoms with E-state index in [0.717, 1.165) is 5.56 Å². The summed E-state index contributed by atoms with van der Waals surface area (Å²) < 4.78 is 5.25. The van der Waals surface area contributed by atoms with Crippen LogP contribution >= 0.6 is 11.6 Å². The van der Waals surface area contributed by atoms with Gasteiger partial charge < -0.3 is 15.0 Å². The number of ether oxygens (including phenoxy) is 1. The van der Waals surface area contributed by atoms with E-state index in [4.69, 9.17) is 16.3 Å². The Labute approximate surface area is 133 Å². The Kier molecular flexibility index (Phi) is 5.22. The van der Waals surface area contributed by atoms with E-state index in [1.165, 1.54) is 12.3 Å². The Bertz CT molecular complexity index is 740. The topological polar surface area (TPSA) is 71.2 Å². The van der Waals surface area contributed by atoms with Crippen molar-refractivity contribution in [2.75, 3.05) is 13.7 Å². The van der Waals surface area contributed by atoms with Crippen molar-refractivity contribution in [1.29, 1.82) is 0 Å². The predicted molar refractivity (Wildman–Crippen MR) is 85.8 cm³/mol. The molecule has 5 nitrogen and oxygen atoms in total. The molecule has 0 saturated carbocycles. The van der Waals surface area contributed by atoms with Crippen molar-refractivity contribution in [3.8, 4) is 5.75 Å². The average Bonchev–Trinajstić information content (AvgIpc) is 2.47. The maximum Gasteiger partial charge on any atom is 0.256 e. The SMILES string of the molecule is COc1ccc(Cl)cc1CCNC(=O)c1c[nH]c(C)cc1=O. The van der Waals surface area contributed by atoms with Crippen molar-refractivity contribution < 1.29 is 9.53 Å². The van der Waals surface area contributed by atoms with Crippen LogP contribution in [0, 0.1) is 6.92 Å². The summed E-state index contributed by atoms with van der Waals surface area (Å²) in [6.07, 6.45) is 1.98. The van der Waals surface area contributed by atoms with Crippen molar-refractivity contribution in [2.24, 2.45) is 0 Å². The molecule has 0 saturated heterocycles. The molecule has 0 unspecified atom stereocenters. The van der Waals surface area contributed by atoms with E-state index in [1.807, 2.05) is 0 Å². The Hall–Kier alpha value is -2.27. The van der Waals surface area contributed by atoms with Crippen molar-refractivity contribution in [1.82, 2.24) is 10.3 Å². The van der Waals surface area contributed by atoms with Gasteiger partial charge in [-0.2, -0.15) is 0 Å². The second kappa shape index (κ2) is 7.13. The third-order valence-electron chi connectivity index (χ3n) is 3.22. The highest BCUT2D eigenvalue weighted by Crippen LogP contribution is 2.22. The van der Waals surface area contributed by atoms with Crippen LogP contribution < -0.4 is 15.5 Å². The maximum absolute atomic E-state index is 12.0. The number of carbonyl (C=O) groups excluding carboxylic acids is 1. The zero-order chi connectivity index (χ0) is 16.1. The number of aromatic nitrogens is 1. The summed E-state index contributed by atoms with van der Waals surface area (Å²) in [6.45, 7) is 2.14. The van der Waals surface area contributed by atoms with Crippen LogP contribution in [0.25, 0.3) is 0 Å². The van der Waals surface area contributed by atoms with E-state index >= 15 is 0 Å². The van der Waals surface area contributed by atoms with Gasteiger partial charge >= 0.3 is 0 Å². The lowest BCUT2D eigenvalue weighted by atomic mass is 10.1. The van der Waals surface area contributed by atoms with Gasteiger partial charge in [0, 0.05) is 29.5 Å². The quantitative estimate of drug-likeness (QED) is 0.888. The van der Waals surface area contributed by atoms with Gasteiger partial charge in [-0.25, -0.2) is 0 Å². The normalized spacial score (nSPS) is 10.3. The minimum atomic E-state index is -0.401. The van der Waals surface area contributed by atoms with Gasteiger partial charge in [0.25, 0.3) is 5.91 Å². The Morgan fingerprint density at radius 3 is 2.82 bits per heavy atom. The molecule has 2 rings (SSSR count). The molecular formula is C16H17ClN2O3. The fourth-order valence-corrected chi connectivity index (χ4v) is 2.29. The molecule has 1 aromatic carbocycles. The zero-order valence-corrected chi connectivity index (χ0v) is 13.2. The van der Waals surface area contributed by atoms with E-state index in [0.29, 0.717) is 29.4 Å². The third kappa shape index (κ3) is 3.89. The summed E-state index contributed by atoms with van der Waals surface area (Å²) in [5.74, 6) is 0.314. The number of pyridine rings is 1. The van der Waals surface area contributed by atoms with Crippen LogP contribution in [-0.2, 0) is 6.42 Å². The number of aryl methyl sites for hydroxylation is 1. The molecule has 6 heteroatoms. The number of amides is 1. The molecule has 2 N–H and O–H groups in total. The Balaban J connectivity index is 2.00. The van der Waals surface area contributed by atoms with E-state index in [-0.39, 0.29) is 11.0 Å². The van der Waals surface area contributed by atoms with Crippen LogP contribution in [0.3, 0.4) is 0 Å². The van der Waals surface area contributed by atoms with Gasteiger partial charge in [0.1, 0.15) is 11.3 Å². The number of rotatable bonds is 5. The van der Waals surface area contributed by atoms with Gasteiger partial charge in [-0.05, 0) is 37.1 Å². The molecule has 1 heterocycles. The van der Waals surface area contributed by atoms with E-state index in [9.17, 15) is 9.59 Å². The van der Waals surface area contributed by atoms with Crippen molar-refractivity contribution in [2.45, 2.75) is 13.3 Å². The number of hydrogen-bond acceptors (Lipinski definition) is 3. The first-order valence-corrected chi connectivity index (χ1v) is 7.19. The smallest absolute Gasteiger partial charge is 0.256 e. The van der Waals surface area contributed by atoms with E-state index in [2.05, 4.69) is 10.3 Å². The Morgan fingerprint density at radius 2 is 2.14 bits per heavy atom. The number of carbonyl (C=O) groups is 1. The second-order valence-electron chi connectivity index (χ2n) is 4.86. The molecule has 22 heavy (non-hydrogen) atoms. The van der Waals surface area contributed by atoms with Gasteiger partial charge in [-0.1, -0.05) is 11.6 Å². The summed E-state index contributed by atoms with van der Waals surface area (Å²) in [4.78, 5) is 26.6. The van der Waals surface area contributed by atoms with Crippen LogP contribution in [-0.4, -0.2) is 24.5 Å². The predicted octanol–water partition coefficient (Wildman–Crippen LogP) is 2.32. The van der Waals surface area contributed by atoms with Crippen LogP contribution in [0.4, 0.5) is 0 Å². The first-order valence-electron chi connectivity index (χ1n) is 6.81. The molecule has 1 amide bonds. The highest BCUT2D eigenvalue weighted by atomic mass is 35.5. The summed E-state index contributed by atoms with van der Waals surface area (Å²) in [5.41, 5.74) is 1.41. The lowest BCUT2D eigenvalue weighted by Gasteiger charge is -2.10. The van der Waals surface area contributed by atoms with Crippen LogP contribution in [0.5, 0.6) is 5.75 Å². The van der Waals surface area contributed by atoms with Crippen molar-refractivity contribution in [3.63, 3.8) is 0 Å².